The summed E-state index contributed by atoms with van der Waals surface area (Å²) in [7, 11) is 0. The highest BCUT2D eigenvalue weighted by molar-refractivity contribution is 6.32. The fourth-order valence-electron chi connectivity index (χ4n) is 2.80. The first kappa shape index (κ1) is 13.6. The highest BCUT2D eigenvalue weighted by Crippen LogP contribution is 2.41. The average Bonchev–Trinajstić information content (AvgIpc) is 2.95. The molecule has 0 amide bonds. The van der Waals surface area contributed by atoms with Crippen LogP contribution in [0, 0.1) is 5.82 Å². The molecule has 114 valence electrons. The molecular formula is C18H12FNO3. The SMILES string of the molecule is CC1=C(C(=O)c2ccccc2)c2c([nH]c3c(F)cccc23)OO1. The van der Waals surface area contributed by atoms with E-state index in [4.69, 9.17) is 9.78 Å². The number of fused-ring (bicyclic) bond motifs is 3. The molecule has 4 rings (SSSR count). The second-order valence-corrected chi connectivity index (χ2v) is 5.28. The van der Waals surface area contributed by atoms with E-state index in [1.807, 2.05) is 6.07 Å². The maximum Gasteiger partial charge on any atom is 0.257 e. The summed E-state index contributed by atoms with van der Waals surface area (Å²) < 4.78 is 14.0. The van der Waals surface area contributed by atoms with Gasteiger partial charge in [0.05, 0.1) is 16.7 Å². The fourth-order valence-corrected chi connectivity index (χ4v) is 2.80. The Morgan fingerprint density at radius 3 is 2.61 bits per heavy atom. The van der Waals surface area contributed by atoms with Gasteiger partial charge in [-0.2, -0.15) is 0 Å². The Morgan fingerprint density at radius 2 is 1.83 bits per heavy atom. The van der Waals surface area contributed by atoms with Gasteiger partial charge in [-0.25, -0.2) is 4.39 Å². The van der Waals surface area contributed by atoms with Gasteiger partial charge in [0.1, 0.15) is 5.82 Å². The van der Waals surface area contributed by atoms with Crippen LogP contribution in [0.3, 0.4) is 0 Å². The van der Waals surface area contributed by atoms with Gasteiger partial charge in [-0.05, 0) is 13.0 Å². The Kier molecular flexibility index (Phi) is 2.94. The lowest BCUT2D eigenvalue weighted by atomic mass is 9.94. The number of H-pyrrole nitrogens is 1. The summed E-state index contributed by atoms with van der Waals surface area (Å²) >= 11 is 0. The van der Waals surface area contributed by atoms with Crippen LogP contribution in [-0.4, -0.2) is 10.8 Å². The molecule has 0 spiro atoms. The lowest BCUT2D eigenvalue weighted by molar-refractivity contribution is -0.171. The van der Waals surface area contributed by atoms with Crippen LogP contribution in [0.15, 0.2) is 54.3 Å². The number of hydrogen-bond donors (Lipinski definition) is 1. The number of carbonyl (C=O) groups is 1. The number of hydrogen-bond acceptors (Lipinski definition) is 3. The van der Waals surface area contributed by atoms with Gasteiger partial charge in [0.2, 0.25) is 0 Å². The molecule has 2 heterocycles. The van der Waals surface area contributed by atoms with Crippen LogP contribution in [0.2, 0.25) is 0 Å². The number of para-hydroxylation sites is 1. The molecule has 1 aliphatic heterocycles. The summed E-state index contributed by atoms with van der Waals surface area (Å²) in [6.45, 7) is 1.65. The van der Waals surface area contributed by atoms with Crippen LogP contribution in [0.1, 0.15) is 22.8 Å². The van der Waals surface area contributed by atoms with E-state index >= 15 is 0 Å². The number of ketones is 1. The van der Waals surface area contributed by atoms with Crippen molar-refractivity contribution < 1.29 is 19.0 Å². The minimum Gasteiger partial charge on any atom is -0.319 e. The quantitative estimate of drug-likeness (QED) is 0.569. The van der Waals surface area contributed by atoms with Crippen LogP contribution >= 0.6 is 0 Å². The molecular weight excluding hydrogens is 297 g/mol. The Hall–Kier alpha value is -3.08. The number of aromatic amines is 1. The lowest BCUT2D eigenvalue weighted by Crippen LogP contribution is -2.13. The van der Waals surface area contributed by atoms with Crippen molar-refractivity contribution in [1.82, 2.24) is 4.98 Å². The maximum atomic E-state index is 14.0. The molecule has 0 fully saturated rings. The van der Waals surface area contributed by atoms with Gasteiger partial charge >= 0.3 is 0 Å². The van der Waals surface area contributed by atoms with Crippen LogP contribution in [-0.2, 0) is 4.89 Å². The molecule has 1 aromatic heterocycles. The van der Waals surface area contributed by atoms with Crippen molar-refractivity contribution in [2.75, 3.05) is 0 Å². The number of halogens is 1. The highest BCUT2D eigenvalue weighted by atomic mass is 19.1. The van der Waals surface area contributed by atoms with Crippen molar-refractivity contribution >= 4 is 22.3 Å². The second-order valence-electron chi connectivity index (χ2n) is 5.28. The molecule has 2 aromatic carbocycles. The van der Waals surface area contributed by atoms with E-state index in [9.17, 15) is 9.18 Å². The molecule has 0 saturated heterocycles. The number of allylic oxidation sites excluding steroid dienone is 2. The van der Waals surface area contributed by atoms with Crippen molar-refractivity contribution in [2.45, 2.75) is 6.92 Å². The van der Waals surface area contributed by atoms with E-state index < -0.39 is 5.82 Å². The zero-order chi connectivity index (χ0) is 16.0. The number of Topliss-reactive ketones (excluding diaryl/α,β-unsaturated/α-hetero) is 1. The summed E-state index contributed by atoms with van der Waals surface area (Å²) in [5.74, 6) is -0.0334. The van der Waals surface area contributed by atoms with Crippen molar-refractivity contribution in [1.29, 1.82) is 0 Å². The molecule has 0 atom stereocenters. The third-order valence-corrected chi connectivity index (χ3v) is 3.86. The molecule has 23 heavy (non-hydrogen) atoms. The van der Waals surface area contributed by atoms with Gasteiger partial charge in [0, 0.05) is 10.9 Å². The molecule has 0 aliphatic carbocycles. The molecule has 3 aromatic rings. The Bertz CT molecular complexity index is 957. The smallest absolute Gasteiger partial charge is 0.257 e. The van der Waals surface area contributed by atoms with Gasteiger partial charge in [-0.1, -0.05) is 42.5 Å². The number of benzene rings is 2. The summed E-state index contributed by atoms with van der Waals surface area (Å²) in [5, 5.41) is 0.585. The Balaban J connectivity index is 1.97. The van der Waals surface area contributed by atoms with E-state index in [0.29, 0.717) is 27.8 Å². The molecule has 1 N–H and O–H groups in total. The molecule has 0 saturated carbocycles. The van der Waals surface area contributed by atoms with Gasteiger partial charge in [-0.3, -0.25) is 14.6 Å². The molecule has 0 radical (unpaired) electrons. The summed E-state index contributed by atoms with van der Waals surface area (Å²) in [5.41, 5.74) is 1.71. The molecule has 1 aliphatic rings. The van der Waals surface area contributed by atoms with E-state index in [-0.39, 0.29) is 17.2 Å². The normalized spacial score (nSPS) is 13.5. The third-order valence-electron chi connectivity index (χ3n) is 3.86. The number of nitrogens with one attached hydrogen (secondary N) is 1. The molecule has 5 heteroatoms. The van der Waals surface area contributed by atoms with Crippen LogP contribution in [0.4, 0.5) is 4.39 Å². The summed E-state index contributed by atoms with van der Waals surface area (Å²) in [6, 6.07) is 13.6. The van der Waals surface area contributed by atoms with E-state index in [1.54, 1.807) is 43.3 Å². The maximum absolute atomic E-state index is 14.0. The summed E-state index contributed by atoms with van der Waals surface area (Å²) in [6.07, 6.45) is 0. The van der Waals surface area contributed by atoms with Crippen molar-refractivity contribution in [2.24, 2.45) is 0 Å². The zero-order valence-electron chi connectivity index (χ0n) is 12.2. The molecule has 0 bridgehead atoms. The van der Waals surface area contributed by atoms with Gasteiger partial charge < -0.3 is 4.98 Å². The average molecular weight is 309 g/mol. The van der Waals surface area contributed by atoms with Crippen molar-refractivity contribution in [3.63, 3.8) is 0 Å². The minimum atomic E-state index is -0.412. The van der Waals surface area contributed by atoms with Crippen molar-refractivity contribution in [3.05, 3.63) is 71.2 Å². The summed E-state index contributed by atoms with van der Waals surface area (Å²) in [4.78, 5) is 26.0. The van der Waals surface area contributed by atoms with E-state index in [0.717, 1.165) is 0 Å². The first-order chi connectivity index (χ1) is 11.2. The largest absolute Gasteiger partial charge is 0.319 e. The first-order valence-electron chi connectivity index (χ1n) is 7.12. The topological polar surface area (TPSA) is 51.3 Å². The molecule has 0 unspecified atom stereocenters. The predicted molar refractivity (Wildman–Crippen MR) is 83.3 cm³/mol. The monoisotopic (exact) mass is 309 g/mol. The van der Waals surface area contributed by atoms with Gasteiger partial charge in [-0.15, -0.1) is 0 Å². The standard InChI is InChI=1S/C18H12FNO3/c1-10-14(17(21)11-6-3-2-4-7-11)15-12-8-5-9-13(19)16(12)20-18(15)23-22-10/h2-9,20H,1H3. The number of aromatic nitrogens is 1. The van der Waals surface area contributed by atoms with E-state index in [1.165, 1.54) is 6.07 Å². The molecule has 4 nitrogen and oxygen atoms in total. The van der Waals surface area contributed by atoms with Gasteiger partial charge in [0.25, 0.3) is 5.88 Å². The number of carbonyl (C=O) groups excluding carboxylic acids is 1. The van der Waals surface area contributed by atoms with Crippen LogP contribution < -0.4 is 4.89 Å². The Morgan fingerprint density at radius 1 is 1.04 bits per heavy atom. The number of rotatable bonds is 2. The third kappa shape index (κ3) is 2.01. The van der Waals surface area contributed by atoms with Gasteiger partial charge in [0.15, 0.2) is 11.5 Å². The van der Waals surface area contributed by atoms with Crippen molar-refractivity contribution in [3.8, 4) is 5.88 Å². The highest BCUT2D eigenvalue weighted by Gasteiger charge is 2.31. The fraction of sp³-hybridized carbons (Fsp3) is 0.0556. The van der Waals surface area contributed by atoms with Crippen LogP contribution in [0.25, 0.3) is 16.5 Å². The van der Waals surface area contributed by atoms with Crippen LogP contribution in [0.5, 0.6) is 5.88 Å². The minimum absolute atomic E-state index is 0.196. The Labute approximate surface area is 131 Å². The lowest BCUT2D eigenvalue weighted by Gasteiger charge is -2.17. The second kappa shape index (κ2) is 4.98. The van der Waals surface area contributed by atoms with E-state index in [2.05, 4.69) is 4.98 Å². The first-order valence-corrected chi connectivity index (χ1v) is 7.12. The zero-order valence-corrected chi connectivity index (χ0v) is 12.2. The predicted octanol–water partition coefficient (Wildman–Crippen LogP) is 4.24.